The first-order valence-electron chi connectivity index (χ1n) is 5.65. The molecule has 3 rings (SSSR count). The van der Waals surface area contributed by atoms with Crippen molar-refractivity contribution >= 4 is 22.7 Å². The number of aromatic carboxylic acids is 1. The summed E-state index contributed by atoms with van der Waals surface area (Å²) in [6.07, 6.45) is -0.734. The minimum absolute atomic E-state index is 0.201. The van der Waals surface area contributed by atoms with Crippen LogP contribution in [0.15, 0.2) is 30.3 Å². The first-order chi connectivity index (χ1) is 9.11. The molecule has 2 aromatic rings. The second-order valence-corrected chi connectivity index (χ2v) is 4.24. The lowest BCUT2D eigenvalue weighted by Crippen LogP contribution is -2.01. The molecule has 0 saturated heterocycles. The summed E-state index contributed by atoms with van der Waals surface area (Å²) in [4.78, 5) is 22.6. The fourth-order valence-corrected chi connectivity index (χ4v) is 2.30. The van der Waals surface area contributed by atoms with Crippen LogP contribution in [0.5, 0.6) is 0 Å². The Bertz CT molecular complexity index is 704. The maximum atomic E-state index is 11.7. The first-order valence-corrected chi connectivity index (χ1v) is 5.65. The van der Waals surface area contributed by atoms with Gasteiger partial charge in [-0.15, -0.1) is 0 Å². The maximum absolute atomic E-state index is 11.7. The van der Waals surface area contributed by atoms with Gasteiger partial charge in [0, 0.05) is 12.7 Å². The van der Waals surface area contributed by atoms with E-state index >= 15 is 0 Å². The Morgan fingerprint density at radius 3 is 2.79 bits per heavy atom. The molecule has 5 heteroatoms. The number of carbonyl (C=O) groups excluding carboxylic acids is 1. The third-order valence-corrected chi connectivity index (χ3v) is 3.19. The SMILES string of the molecule is COC1OC(=O)c2ccc3cc(C(=O)O)ccc3c21. The quantitative estimate of drug-likeness (QED) is 0.837. The molecule has 0 bridgehead atoms. The molecule has 1 atom stereocenters. The molecule has 0 radical (unpaired) electrons. The van der Waals surface area contributed by atoms with Gasteiger partial charge in [-0.2, -0.15) is 0 Å². The fourth-order valence-electron chi connectivity index (χ4n) is 2.30. The average molecular weight is 258 g/mol. The van der Waals surface area contributed by atoms with E-state index < -0.39 is 18.2 Å². The Morgan fingerprint density at radius 2 is 2.11 bits per heavy atom. The highest BCUT2D eigenvalue weighted by Gasteiger charge is 2.32. The van der Waals surface area contributed by atoms with Crippen LogP contribution in [0.2, 0.25) is 0 Å². The van der Waals surface area contributed by atoms with Crippen LogP contribution in [0.3, 0.4) is 0 Å². The van der Waals surface area contributed by atoms with E-state index in [-0.39, 0.29) is 5.56 Å². The first kappa shape index (κ1) is 11.7. The van der Waals surface area contributed by atoms with Crippen LogP contribution < -0.4 is 0 Å². The minimum atomic E-state index is -0.988. The second-order valence-electron chi connectivity index (χ2n) is 4.24. The number of carbonyl (C=O) groups is 2. The van der Waals surface area contributed by atoms with Crippen LogP contribution in [-0.2, 0) is 9.47 Å². The second kappa shape index (κ2) is 4.07. The highest BCUT2D eigenvalue weighted by atomic mass is 16.7. The molecule has 0 spiro atoms. The third kappa shape index (κ3) is 1.67. The molecule has 0 saturated carbocycles. The lowest BCUT2D eigenvalue weighted by molar-refractivity contribution is -0.0808. The van der Waals surface area contributed by atoms with E-state index in [2.05, 4.69) is 0 Å². The topological polar surface area (TPSA) is 72.8 Å². The van der Waals surface area contributed by atoms with Gasteiger partial charge in [-0.1, -0.05) is 12.1 Å². The Balaban J connectivity index is 2.29. The summed E-state index contributed by atoms with van der Waals surface area (Å²) < 4.78 is 10.2. The minimum Gasteiger partial charge on any atom is -0.478 e. The number of cyclic esters (lactones) is 1. The smallest absolute Gasteiger partial charge is 0.341 e. The number of carboxylic acid groups (broad SMARTS) is 1. The third-order valence-electron chi connectivity index (χ3n) is 3.19. The van der Waals surface area contributed by atoms with E-state index in [1.807, 2.05) is 0 Å². The van der Waals surface area contributed by atoms with Gasteiger partial charge >= 0.3 is 11.9 Å². The van der Waals surface area contributed by atoms with E-state index in [0.717, 1.165) is 10.8 Å². The van der Waals surface area contributed by atoms with Crippen LogP contribution >= 0.6 is 0 Å². The van der Waals surface area contributed by atoms with E-state index in [4.69, 9.17) is 14.6 Å². The predicted octanol–water partition coefficient (Wildman–Crippen LogP) is 2.35. The summed E-state index contributed by atoms with van der Waals surface area (Å²) in [7, 11) is 1.46. The number of benzene rings is 2. The molecule has 1 unspecified atom stereocenters. The van der Waals surface area contributed by atoms with Crippen LogP contribution in [0.25, 0.3) is 10.8 Å². The van der Waals surface area contributed by atoms with Crippen molar-refractivity contribution < 1.29 is 24.2 Å². The summed E-state index contributed by atoms with van der Waals surface area (Å²) in [5, 5.41) is 10.5. The van der Waals surface area contributed by atoms with Crippen molar-refractivity contribution in [1.82, 2.24) is 0 Å². The van der Waals surface area contributed by atoms with E-state index in [1.54, 1.807) is 24.3 Å². The summed E-state index contributed by atoms with van der Waals surface area (Å²) >= 11 is 0. The van der Waals surface area contributed by atoms with Gasteiger partial charge in [0.2, 0.25) is 6.29 Å². The summed E-state index contributed by atoms with van der Waals surface area (Å²) in [5.41, 5.74) is 1.32. The Labute approximate surface area is 108 Å². The number of carboxylic acids is 1. The van der Waals surface area contributed by atoms with E-state index in [0.29, 0.717) is 11.1 Å². The van der Waals surface area contributed by atoms with Crippen LogP contribution in [0.4, 0.5) is 0 Å². The molecule has 1 heterocycles. The molecule has 0 aromatic heterocycles. The lowest BCUT2D eigenvalue weighted by atomic mass is 9.98. The molecule has 0 aliphatic carbocycles. The molecule has 1 N–H and O–H groups in total. The van der Waals surface area contributed by atoms with E-state index in [1.165, 1.54) is 13.2 Å². The van der Waals surface area contributed by atoms with Gasteiger partial charge < -0.3 is 14.6 Å². The lowest BCUT2D eigenvalue weighted by Gasteiger charge is -2.10. The van der Waals surface area contributed by atoms with Gasteiger partial charge in [0.05, 0.1) is 11.1 Å². The summed E-state index contributed by atoms with van der Waals surface area (Å²) in [6, 6.07) is 8.07. The molecule has 96 valence electrons. The largest absolute Gasteiger partial charge is 0.478 e. The Morgan fingerprint density at radius 1 is 1.32 bits per heavy atom. The molecule has 0 amide bonds. The van der Waals surface area contributed by atoms with Gasteiger partial charge in [-0.3, -0.25) is 0 Å². The fraction of sp³-hybridized carbons (Fsp3) is 0.143. The molecule has 0 fully saturated rings. The van der Waals surface area contributed by atoms with Crippen molar-refractivity contribution in [3.05, 3.63) is 47.0 Å². The maximum Gasteiger partial charge on any atom is 0.341 e. The molecular weight excluding hydrogens is 248 g/mol. The number of methoxy groups -OCH3 is 1. The van der Waals surface area contributed by atoms with Crippen LogP contribution in [0, 0.1) is 0 Å². The van der Waals surface area contributed by atoms with E-state index in [9.17, 15) is 9.59 Å². The highest BCUT2D eigenvalue weighted by molar-refractivity contribution is 6.03. The number of fused-ring (bicyclic) bond motifs is 3. The number of hydrogen-bond donors (Lipinski definition) is 1. The van der Waals surface area contributed by atoms with Crippen molar-refractivity contribution in [2.45, 2.75) is 6.29 Å². The average Bonchev–Trinajstić information content (AvgIpc) is 2.75. The molecule has 19 heavy (non-hydrogen) atoms. The standard InChI is InChI=1S/C14H10O5/c1-18-14-11-9-4-3-8(12(15)16)6-7(9)2-5-10(11)13(17)19-14/h2-6,14H,1H3,(H,15,16). The summed E-state index contributed by atoms with van der Waals surface area (Å²) in [6.45, 7) is 0. The van der Waals surface area contributed by atoms with Gasteiger partial charge in [0.1, 0.15) is 0 Å². The monoisotopic (exact) mass is 258 g/mol. The zero-order valence-electron chi connectivity index (χ0n) is 10.0. The van der Waals surface area contributed by atoms with Crippen LogP contribution in [0.1, 0.15) is 32.6 Å². The zero-order valence-corrected chi connectivity index (χ0v) is 10.0. The highest BCUT2D eigenvalue weighted by Crippen LogP contribution is 2.36. The number of rotatable bonds is 2. The van der Waals surface area contributed by atoms with Gasteiger partial charge in [0.15, 0.2) is 0 Å². The van der Waals surface area contributed by atoms with Gasteiger partial charge in [-0.05, 0) is 29.0 Å². The predicted molar refractivity (Wildman–Crippen MR) is 66.1 cm³/mol. The molecular formula is C14H10O5. The number of hydrogen-bond acceptors (Lipinski definition) is 4. The van der Waals surface area contributed by atoms with Crippen LogP contribution in [-0.4, -0.2) is 24.2 Å². The summed E-state index contributed by atoms with van der Waals surface area (Å²) in [5.74, 6) is -1.41. The zero-order chi connectivity index (χ0) is 13.6. The van der Waals surface area contributed by atoms with Crippen molar-refractivity contribution in [1.29, 1.82) is 0 Å². The number of ether oxygens (including phenoxy) is 2. The normalized spacial score (nSPS) is 17.3. The van der Waals surface area contributed by atoms with Crippen molar-refractivity contribution in [3.63, 3.8) is 0 Å². The molecule has 1 aliphatic rings. The van der Waals surface area contributed by atoms with Crippen molar-refractivity contribution in [2.75, 3.05) is 7.11 Å². The Kier molecular flexibility index (Phi) is 2.50. The molecule has 2 aromatic carbocycles. The van der Waals surface area contributed by atoms with Crippen molar-refractivity contribution in [3.8, 4) is 0 Å². The number of esters is 1. The molecule has 1 aliphatic heterocycles. The van der Waals surface area contributed by atoms with Gasteiger partial charge in [-0.25, -0.2) is 9.59 Å². The Hall–Kier alpha value is -2.40. The van der Waals surface area contributed by atoms with Gasteiger partial charge in [0.25, 0.3) is 0 Å². The molecule has 5 nitrogen and oxygen atoms in total. The van der Waals surface area contributed by atoms with Crippen molar-refractivity contribution in [2.24, 2.45) is 0 Å².